The molecule has 0 aliphatic heterocycles. The van der Waals surface area contributed by atoms with Crippen LogP contribution < -0.4 is 5.32 Å². The number of rotatable bonds is 7. The van der Waals surface area contributed by atoms with Gasteiger partial charge in [0.05, 0.1) is 0 Å². The molecule has 1 rings (SSSR count). The highest BCUT2D eigenvalue weighted by Crippen LogP contribution is 2.20. The molecule has 1 nitrogen and oxygen atoms in total. The smallest absolute Gasteiger partial charge is 0.00745 e. The molecular formula is C14H23NS. The van der Waals surface area contributed by atoms with Crippen LogP contribution in [-0.2, 0) is 0 Å². The molecule has 0 aliphatic rings. The van der Waals surface area contributed by atoms with Gasteiger partial charge in [-0.3, -0.25) is 0 Å². The van der Waals surface area contributed by atoms with Gasteiger partial charge >= 0.3 is 0 Å². The van der Waals surface area contributed by atoms with Crippen molar-refractivity contribution in [3.05, 3.63) is 29.8 Å². The van der Waals surface area contributed by atoms with Gasteiger partial charge in [-0.25, -0.2) is 0 Å². The summed E-state index contributed by atoms with van der Waals surface area (Å²) in [6, 6.07) is 9.45. The number of benzene rings is 1. The highest BCUT2D eigenvalue weighted by Gasteiger charge is 2.02. The van der Waals surface area contributed by atoms with Crippen LogP contribution in [0.5, 0.6) is 0 Å². The first kappa shape index (κ1) is 13.6. The lowest BCUT2D eigenvalue weighted by Crippen LogP contribution is -2.23. The second kappa shape index (κ2) is 7.75. The average Bonchev–Trinajstić information content (AvgIpc) is 2.29. The Balaban J connectivity index is 2.20. The Morgan fingerprint density at radius 2 is 2.19 bits per heavy atom. The first-order chi connectivity index (χ1) is 7.76. The second-order valence-corrected chi connectivity index (χ2v) is 5.37. The minimum Gasteiger partial charge on any atom is -0.317 e. The van der Waals surface area contributed by atoms with E-state index < -0.39 is 0 Å². The van der Waals surface area contributed by atoms with E-state index in [2.05, 4.69) is 50.5 Å². The van der Waals surface area contributed by atoms with Gasteiger partial charge in [0, 0.05) is 10.9 Å². The fourth-order valence-corrected chi connectivity index (χ4v) is 2.77. The third kappa shape index (κ3) is 5.04. The van der Waals surface area contributed by atoms with Crippen molar-refractivity contribution in [1.82, 2.24) is 5.32 Å². The van der Waals surface area contributed by atoms with Crippen molar-refractivity contribution >= 4 is 11.8 Å². The van der Waals surface area contributed by atoms with Crippen molar-refractivity contribution in [3.8, 4) is 0 Å². The standard InChI is InChI=1S/C14H23NS/c1-4-13(15-3)8-6-10-16-14-9-5-7-12(2)11-14/h5,7,9,11,13,15H,4,6,8,10H2,1-3H3. The molecule has 0 heterocycles. The summed E-state index contributed by atoms with van der Waals surface area (Å²) in [6.45, 7) is 4.40. The maximum absolute atomic E-state index is 3.35. The van der Waals surface area contributed by atoms with Gasteiger partial charge in [0.2, 0.25) is 0 Å². The summed E-state index contributed by atoms with van der Waals surface area (Å²) in [4.78, 5) is 1.40. The maximum Gasteiger partial charge on any atom is 0.00745 e. The van der Waals surface area contributed by atoms with Gasteiger partial charge in [-0.15, -0.1) is 11.8 Å². The van der Waals surface area contributed by atoms with Crippen LogP contribution in [0.25, 0.3) is 0 Å². The lowest BCUT2D eigenvalue weighted by atomic mass is 10.1. The van der Waals surface area contributed by atoms with Crippen LogP contribution in [0.15, 0.2) is 29.2 Å². The Hall–Kier alpha value is -0.470. The predicted molar refractivity (Wildman–Crippen MR) is 74.3 cm³/mol. The molecule has 0 aliphatic carbocycles. The molecule has 1 aromatic carbocycles. The van der Waals surface area contributed by atoms with Crippen molar-refractivity contribution in [3.63, 3.8) is 0 Å². The van der Waals surface area contributed by atoms with Gasteiger partial charge in [0.1, 0.15) is 0 Å². The van der Waals surface area contributed by atoms with Crippen molar-refractivity contribution in [2.75, 3.05) is 12.8 Å². The van der Waals surface area contributed by atoms with Crippen molar-refractivity contribution in [1.29, 1.82) is 0 Å². The van der Waals surface area contributed by atoms with Crippen LogP contribution in [0.2, 0.25) is 0 Å². The topological polar surface area (TPSA) is 12.0 Å². The van der Waals surface area contributed by atoms with Crippen LogP contribution in [0.3, 0.4) is 0 Å². The zero-order chi connectivity index (χ0) is 11.8. The highest BCUT2D eigenvalue weighted by molar-refractivity contribution is 7.99. The normalized spacial score (nSPS) is 12.7. The molecule has 0 spiro atoms. The summed E-state index contributed by atoms with van der Waals surface area (Å²) < 4.78 is 0. The maximum atomic E-state index is 3.35. The molecule has 0 radical (unpaired) electrons. The molecule has 0 amide bonds. The zero-order valence-electron chi connectivity index (χ0n) is 10.6. The summed E-state index contributed by atoms with van der Waals surface area (Å²) >= 11 is 1.97. The van der Waals surface area contributed by atoms with E-state index in [1.165, 1.54) is 35.5 Å². The summed E-state index contributed by atoms with van der Waals surface area (Å²) in [5, 5.41) is 3.35. The lowest BCUT2D eigenvalue weighted by molar-refractivity contribution is 0.504. The van der Waals surface area contributed by atoms with Crippen LogP contribution in [-0.4, -0.2) is 18.8 Å². The Kier molecular flexibility index (Phi) is 6.58. The Morgan fingerprint density at radius 3 is 2.81 bits per heavy atom. The van der Waals surface area contributed by atoms with Crippen LogP contribution in [0, 0.1) is 6.92 Å². The van der Waals surface area contributed by atoms with Gasteiger partial charge in [-0.1, -0.05) is 24.6 Å². The quantitative estimate of drug-likeness (QED) is 0.571. The van der Waals surface area contributed by atoms with Gasteiger partial charge in [-0.05, 0) is 51.1 Å². The largest absolute Gasteiger partial charge is 0.317 e. The minimum absolute atomic E-state index is 0.693. The molecule has 2 heteroatoms. The second-order valence-electron chi connectivity index (χ2n) is 4.20. The van der Waals surface area contributed by atoms with E-state index in [0.29, 0.717) is 6.04 Å². The van der Waals surface area contributed by atoms with Gasteiger partial charge in [0.15, 0.2) is 0 Å². The van der Waals surface area contributed by atoms with Gasteiger partial charge in [-0.2, -0.15) is 0 Å². The molecule has 0 bridgehead atoms. The third-order valence-electron chi connectivity index (χ3n) is 2.86. The number of nitrogens with one attached hydrogen (secondary N) is 1. The molecular weight excluding hydrogens is 214 g/mol. The molecule has 90 valence electrons. The fraction of sp³-hybridized carbons (Fsp3) is 0.571. The van der Waals surface area contributed by atoms with Gasteiger partial charge < -0.3 is 5.32 Å². The average molecular weight is 237 g/mol. The third-order valence-corrected chi connectivity index (χ3v) is 3.94. The number of hydrogen-bond acceptors (Lipinski definition) is 2. The first-order valence-corrected chi connectivity index (χ1v) is 7.11. The van der Waals surface area contributed by atoms with Crippen LogP contribution in [0.1, 0.15) is 31.7 Å². The molecule has 1 N–H and O–H groups in total. The van der Waals surface area contributed by atoms with Crippen LogP contribution >= 0.6 is 11.8 Å². The zero-order valence-corrected chi connectivity index (χ0v) is 11.4. The molecule has 1 aromatic rings. The monoisotopic (exact) mass is 237 g/mol. The number of hydrogen-bond donors (Lipinski definition) is 1. The molecule has 1 atom stereocenters. The fourth-order valence-electron chi connectivity index (χ4n) is 1.78. The highest BCUT2D eigenvalue weighted by atomic mass is 32.2. The summed E-state index contributed by atoms with van der Waals surface area (Å²) in [6.07, 6.45) is 3.80. The number of thioether (sulfide) groups is 1. The molecule has 0 fully saturated rings. The van der Waals surface area contributed by atoms with E-state index in [4.69, 9.17) is 0 Å². The van der Waals surface area contributed by atoms with E-state index in [0.717, 1.165) is 0 Å². The minimum atomic E-state index is 0.693. The Bertz CT molecular complexity index is 295. The number of aryl methyl sites for hydroxylation is 1. The van der Waals surface area contributed by atoms with Crippen molar-refractivity contribution < 1.29 is 0 Å². The Morgan fingerprint density at radius 1 is 1.38 bits per heavy atom. The van der Waals surface area contributed by atoms with E-state index in [9.17, 15) is 0 Å². The SMILES string of the molecule is CCC(CCCSc1cccc(C)c1)NC. The lowest BCUT2D eigenvalue weighted by Gasteiger charge is -2.12. The van der Waals surface area contributed by atoms with Crippen molar-refractivity contribution in [2.24, 2.45) is 0 Å². The molecule has 1 unspecified atom stereocenters. The molecule has 0 saturated carbocycles. The summed E-state index contributed by atoms with van der Waals surface area (Å²) in [5.41, 5.74) is 1.35. The summed E-state index contributed by atoms with van der Waals surface area (Å²) in [7, 11) is 2.06. The van der Waals surface area contributed by atoms with E-state index >= 15 is 0 Å². The van der Waals surface area contributed by atoms with Crippen LogP contribution in [0.4, 0.5) is 0 Å². The molecule has 16 heavy (non-hydrogen) atoms. The Labute approximate surface area is 104 Å². The van der Waals surface area contributed by atoms with Crippen molar-refractivity contribution in [2.45, 2.75) is 44.0 Å². The predicted octanol–water partition coefficient (Wildman–Crippen LogP) is 3.87. The van der Waals surface area contributed by atoms with E-state index in [-0.39, 0.29) is 0 Å². The molecule has 0 saturated heterocycles. The van der Waals surface area contributed by atoms with Gasteiger partial charge in [0.25, 0.3) is 0 Å². The first-order valence-electron chi connectivity index (χ1n) is 6.13. The van der Waals surface area contributed by atoms with E-state index in [1.807, 2.05) is 11.8 Å². The van der Waals surface area contributed by atoms with E-state index in [1.54, 1.807) is 0 Å². The summed E-state index contributed by atoms with van der Waals surface area (Å²) in [5.74, 6) is 1.22. The molecule has 0 aromatic heterocycles.